The Labute approximate surface area is 387 Å². The summed E-state index contributed by atoms with van der Waals surface area (Å²) in [5.74, 6) is 0. The Morgan fingerprint density at radius 1 is 0.191 bits per heavy atom. The van der Waals surface area contributed by atoms with Crippen molar-refractivity contribution in [2.24, 2.45) is 0 Å². The highest BCUT2D eigenvalue weighted by molar-refractivity contribution is 6.19. The number of fused-ring (bicyclic) bond motifs is 14. The fraction of sp³-hybridized carbons (Fsp3) is 0. The molecule has 0 aliphatic rings. The highest BCUT2D eigenvalue weighted by Gasteiger charge is 2.20. The van der Waals surface area contributed by atoms with Crippen LogP contribution in [-0.2, 0) is 0 Å². The van der Waals surface area contributed by atoms with Crippen LogP contribution in [0.15, 0.2) is 236 Å². The van der Waals surface area contributed by atoms with Gasteiger partial charge in [0.2, 0.25) is 0 Å². The second-order valence-corrected chi connectivity index (χ2v) is 17.7. The number of para-hydroxylation sites is 4. The normalized spacial score (nSPS) is 12.1. The minimum absolute atomic E-state index is 0.791. The zero-order valence-electron chi connectivity index (χ0n) is 36.3. The smallest absolute Gasteiger partial charge is 0.139 e. The standard InChI is InChI=1S/C62H36N2O4/c1-3-11-41(12-4-1)63(45-23-25-49-47-15-7-9-17-55(47)65-59(49)33-45)43-21-19-37-29-51-53-35-54-52-30-38-20-22-44(28-40(38)32-58(52)68-62(54)36-61(53)67-57(51)31-39(37)27-43)64(42-13-5-2-6-14-42)46-24-26-50-48-16-8-10-18-56(48)66-60(50)34-46/h1-36H. The quantitative estimate of drug-likeness (QED) is 0.166. The van der Waals surface area contributed by atoms with Gasteiger partial charge >= 0.3 is 0 Å². The molecule has 6 heteroatoms. The van der Waals surface area contributed by atoms with Crippen LogP contribution in [0.25, 0.3) is 109 Å². The van der Waals surface area contributed by atoms with Crippen LogP contribution in [0.3, 0.4) is 0 Å². The summed E-state index contributed by atoms with van der Waals surface area (Å²) in [6.45, 7) is 0. The zero-order chi connectivity index (χ0) is 44.5. The van der Waals surface area contributed by atoms with Gasteiger partial charge in [0.15, 0.2) is 0 Å². The highest BCUT2D eigenvalue weighted by atomic mass is 16.3. The molecule has 0 amide bonds. The summed E-state index contributed by atoms with van der Waals surface area (Å²) in [5, 5.41) is 13.1. The van der Waals surface area contributed by atoms with Crippen molar-refractivity contribution in [1.29, 1.82) is 0 Å². The Morgan fingerprint density at radius 2 is 0.544 bits per heavy atom. The summed E-state index contributed by atoms with van der Waals surface area (Å²) in [7, 11) is 0. The van der Waals surface area contributed by atoms with Gasteiger partial charge in [-0.2, -0.15) is 0 Å². The molecule has 0 spiro atoms. The zero-order valence-corrected chi connectivity index (χ0v) is 36.3. The lowest BCUT2D eigenvalue weighted by Gasteiger charge is -2.25. The molecule has 0 radical (unpaired) electrons. The van der Waals surface area contributed by atoms with E-state index in [2.05, 4.69) is 186 Å². The van der Waals surface area contributed by atoms with Crippen LogP contribution in [0.5, 0.6) is 0 Å². The molecule has 0 atom stereocenters. The van der Waals surface area contributed by atoms with Gasteiger partial charge in [0.05, 0.1) is 0 Å². The van der Waals surface area contributed by atoms with E-state index in [0.29, 0.717) is 0 Å². The molecule has 6 nitrogen and oxygen atoms in total. The van der Waals surface area contributed by atoms with Crippen molar-refractivity contribution in [1.82, 2.24) is 0 Å². The summed E-state index contributed by atoms with van der Waals surface area (Å²) < 4.78 is 26.0. The topological polar surface area (TPSA) is 59.0 Å². The van der Waals surface area contributed by atoms with Crippen LogP contribution in [0.4, 0.5) is 34.1 Å². The monoisotopic (exact) mass is 872 g/mol. The summed E-state index contributed by atoms with van der Waals surface area (Å²) in [6, 6.07) is 76.7. The van der Waals surface area contributed by atoms with Gasteiger partial charge in [-0.15, -0.1) is 0 Å². The molecule has 4 heterocycles. The van der Waals surface area contributed by atoms with E-state index in [1.54, 1.807) is 0 Å². The molecular formula is C62H36N2O4. The van der Waals surface area contributed by atoms with E-state index in [0.717, 1.165) is 143 Å². The van der Waals surface area contributed by atoms with Crippen LogP contribution >= 0.6 is 0 Å². The van der Waals surface area contributed by atoms with Crippen LogP contribution in [0, 0.1) is 0 Å². The van der Waals surface area contributed by atoms with Crippen LogP contribution in [0.1, 0.15) is 0 Å². The van der Waals surface area contributed by atoms with Crippen molar-refractivity contribution >= 4 is 143 Å². The van der Waals surface area contributed by atoms with Crippen molar-refractivity contribution in [2.75, 3.05) is 9.80 Å². The fourth-order valence-electron chi connectivity index (χ4n) is 10.5. The molecule has 0 saturated carbocycles. The van der Waals surface area contributed by atoms with Gasteiger partial charge in [0.25, 0.3) is 0 Å². The molecule has 0 aliphatic carbocycles. The van der Waals surface area contributed by atoms with Gasteiger partial charge in [-0.3, -0.25) is 0 Å². The molecule has 11 aromatic carbocycles. The second kappa shape index (κ2) is 14.1. The number of nitrogens with zero attached hydrogens (tertiary/aromatic N) is 2. The number of hydrogen-bond acceptors (Lipinski definition) is 6. The largest absolute Gasteiger partial charge is 0.456 e. The lowest BCUT2D eigenvalue weighted by Crippen LogP contribution is -2.09. The van der Waals surface area contributed by atoms with E-state index in [1.165, 1.54) is 0 Å². The number of furan rings is 4. The lowest BCUT2D eigenvalue weighted by atomic mass is 10.0. The maximum absolute atomic E-state index is 6.66. The van der Waals surface area contributed by atoms with E-state index in [9.17, 15) is 0 Å². The van der Waals surface area contributed by atoms with Crippen LogP contribution in [-0.4, -0.2) is 0 Å². The van der Waals surface area contributed by atoms with Gasteiger partial charge in [0, 0.05) is 95.4 Å². The Morgan fingerprint density at radius 3 is 1.03 bits per heavy atom. The van der Waals surface area contributed by atoms with Crippen molar-refractivity contribution in [3.63, 3.8) is 0 Å². The average molecular weight is 873 g/mol. The molecule has 0 unspecified atom stereocenters. The predicted molar refractivity (Wildman–Crippen MR) is 280 cm³/mol. The third-order valence-electron chi connectivity index (χ3n) is 13.7. The molecule has 0 aliphatic heterocycles. The third kappa shape index (κ3) is 5.64. The molecule has 15 rings (SSSR count). The van der Waals surface area contributed by atoms with Gasteiger partial charge in [0.1, 0.15) is 44.7 Å². The molecule has 0 N–H and O–H groups in total. The molecule has 0 saturated heterocycles. The first kappa shape index (κ1) is 37.0. The summed E-state index contributed by atoms with van der Waals surface area (Å²) >= 11 is 0. The van der Waals surface area contributed by atoms with E-state index in [4.69, 9.17) is 17.7 Å². The molecule has 68 heavy (non-hydrogen) atoms. The van der Waals surface area contributed by atoms with Gasteiger partial charge < -0.3 is 27.5 Å². The Hall–Kier alpha value is -9.26. The van der Waals surface area contributed by atoms with Crippen LogP contribution in [0.2, 0.25) is 0 Å². The summed E-state index contributed by atoms with van der Waals surface area (Å²) in [4.78, 5) is 4.56. The Balaban J connectivity index is 0.815. The predicted octanol–water partition coefficient (Wildman–Crippen LogP) is 18.5. The van der Waals surface area contributed by atoms with Gasteiger partial charge in [-0.25, -0.2) is 0 Å². The molecule has 318 valence electrons. The number of hydrogen-bond donors (Lipinski definition) is 0. The van der Waals surface area contributed by atoms with Crippen molar-refractivity contribution in [3.05, 3.63) is 218 Å². The highest BCUT2D eigenvalue weighted by Crippen LogP contribution is 2.44. The molecule has 0 bridgehead atoms. The Kier molecular flexibility index (Phi) is 7.69. The molecule has 15 aromatic rings. The van der Waals surface area contributed by atoms with Crippen molar-refractivity contribution < 1.29 is 17.7 Å². The number of benzene rings is 11. The van der Waals surface area contributed by atoms with Gasteiger partial charge in [-0.05, 0) is 137 Å². The molecule has 0 fully saturated rings. The summed E-state index contributed by atoms with van der Waals surface area (Å²) in [6.07, 6.45) is 0. The van der Waals surface area contributed by atoms with E-state index < -0.39 is 0 Å². The maximum atomic E-state index is 6.66. The maximum Gasteiger partial charge on any atom is 0.139 e. The van der Waals surface area contributed by atoms with Gasteiger partial charge in [-0.1, -0.05) is 84.9 Å². The van der Waals surface area contributed by atoms with Crippen molar-refractivity contribution in [2.45, 2.75) is 0 Å². The van der Waals surface area contributed by atoms with E-state index >= 15 is 0 Å². The molecule has 4 aromatic heterocycles. The second-order valence-electron chi connectivity index (χ2n) is 17.7. The Bertz CT molecular complexity index is 4230. The van der Waals surface area contributed by atoms with E-state index in [1.807, 2.05) is 42.5 Å². The fourth-order valence-corrected chi connectivity index (χ4v) is 10.5. The first-order chi connectivity index (χ1) is 33.6. The lowest BCUT2D eigenvalue weighted by molar-refractivity contribution is 0.656. The third-order valence-corrected chi connectivity index (χ3v) is 13.7. The van der Waals surface area contributed by atoms with Crippen LogP contribution < -0.4 is 9.80 Å². The first-order valence-corrected chi connectivity index (χ1v) is 22.9. The minimum atomic E-state index is 0.791. The number of rotatable bonds is 6. The van der Waals surface area contributed by atoms with E-state index in [-0.39, 0.29) is 0 Å². The van der Waals surface area contributed by atoms with Crippen molar-refractivity contribution in [3.8, 4) is 0 Å². The molecular weight excluding hydrogens is 837 g/mol. The average Bonchev–Trinajstić information content (AvgIpc) is 4.14. The first-order valence-electron chi connectivity index (χ1n) is 22.9. The minimum Gasteiger partial charge on any atom is -0.456 e. The number of anilines is 6. The summed E-state index contributed by atoms with van der Waals surface area (Å²) in [5.41, 5.74) is 12.9. The SMILES string of the molecule is c1ccc(N(c2ccc3cc4c(cc3c2)oc2cc3oc5cc6cc(N(c7ccccc7)c7ccc8c(c7)oc7ccccc78)ccc6cc5c3cc24)c2ccc3c(c2)oc2ccccc23)cc1.